The molecule has 4 aromatic rings. The van der Waals surface area contributed by atoms with Gasteiger partial charge in [0.1, 0.15) is 11.3 Å². The van der Waals surface area contributed by atoms with E-state index in [4.69, 9.17) is 15.1 Å². The fraction of sp³-hybridized carbons (Fsp3) is 0.300. The zero-order valence-electron chi connectivity index (χ0n) is 15.4. The van der Waals surface area contributed by atoms with Crippen molar-refractivity contribution in [3.8, 4) is 11.1 Å². The highest BCUT2D eigenvalue weighted by Gasteiger charge is 2.30. The normalized spacial score (nSPS) is 19.8. The van der Waals surface area contributed by atoms with Crippen molar-refractivity contribution >= 4 is 44.5 Å². The summed E-state index contributed by atoms with van der Waals surface area (Å²) in [7, 11) is 0. The van der Waals surface area contributed by atoms with Crippen LogP contribution in [0, 0.1) is 5.92 Å². The molecular formula is C20H18BrN5O3. The summed E-state index contributed by atoms with van der Waals surface area (Å²) in [6.45, 7) is 0. The Morgan fingerprint density at radius 2 is 2.07 bits per heavy atom. The van der Waals surface area contributed by atoms with Gasteiger partial charge in [0, 0.05) is 29.3 Å². The van der Waals surface area contributed by atoms with Gasteiger partial charge in [-0.15, -0.1) is 0 Å². The van der Waals surface area contributed by atoms with Crippen LogP contribution in [0.3, 0.4) is 0 Å². The van der Waals surface area contributed by atoms with Gasteiger partial charge in [0.2, 0.25) is 0 Å². The van der Waals surface area contributed by atoms with Gasteiger partial charge in [-0.1, -0.05) is 0 Å². The van der Waals surface area contributed by atoms with Crippen LogP contribution in [-0.2, 0) is 4.79 Å². The largest absolute Gasteiger partial charge is 0.481 e. The van der Waals surface area contributed by atoms with Crippen molar-refractivity contribution in [1.82, 2.24) is 19.6 Å². The summed E-state index contributed by atoms with van der Waals surface area (Å²) in [5.41, 5.74) is 11.0. The van der Waals surface area contributed by atoms with Crippen molar-refractivity contribution in [1.29, 1.82) is 0 Å². The Morgan fingerprint density at radius 1 is 1.28 bits per heavy atom. The summed E-state index contributed by atoms with van der Waals surface area (Å²) in [5, 5.41) is 13.7. The molecule has 1 aliphatic rings. The third kappa shape index (κ3) is 2.96. The number of nitrogen functional groups attached to an aromatic ring is 1. The Balaban J connectivity index is 1.59. The number of carboxylic acids is 1. The number of nitrogens with zero attached hydrogens (tertiary/aromatic N) is 4. The minimum absolute atomic E-state index is 0.153. The maximum atomic E-state index is 11.3. The second-order valence-electron chi connectivity index (χ2n) is 7.40. The third-order valence-corrected chi connectivity index (χ3v) is 6.54. The molecule has 29 heavy (non-hydrogen) atoms. The maximum Gasteiger partial charge on any atom is 0.306 e. The predicted octanol–water partition coefficient (Wildman–Crippen LogP) is 4.24. The van der Waals surface area contributed by atoms with Crippen molar-refractivity contribution in [3.05, 3.63) is 41.0 Å². The van der Waals surface area contributed by atoms with Gasteiger partial charge >= 0.3 is 5.97 Å². The SMILES string of the molecule is Nc1c(Br)c(C2CCC(C(=O)O)CC2)nc2c(-c3cnc4ccoc4c3)cnn12. The minimum atomic E-state index is -0.718. The number of carboxylic acid groups (broad SMARTS) is 1. The zero-order valence-corrected chi connectivity index (χ0v) is 17.0. The Hall–Kier alpha value is -2.94. The van der Waals surface area contributed by atoms with E-state index in [1.165, 1.54) is 0 Å². The molecule has 1 fully saturated rings. The maximum absolute atomic E-state index is 11.3. The van der Waals surface area contributed by atoms with Crippen LogP contribution in [0.5, 0.6) is 0 Å². The minimum Gasteiger partial charge on any atom is -0.481 e. The molecule has 8 nitrogen and oxygen atoms in total. The molecule has 4 heterocycles. The highest BCUT2D eigenvalue weighted by molar-refractivity contribution is 9.10. The van der Waals surface area contributed by atoms with Gasteiger partial charge in [-0.3, -0.25) is 9.78 Å². The number of hydrogen-bond donors (Lipinski definition) is 2. The van der Waals surface area contributed by atoms with E-state index in [0.717, 1.165) is 39.7 Å². The average Bonchev–Trinajstić information content (AvgIpc) is 3.37. The molecule has 0 atom stereocenters. The first-order chi connectivity index (χ1) is 14.0. The van der Waals surface area contributed by atoms with Crippen molar-refractivity contribution in [2.24, 2.45) is 5.92 Å². The molecule has 3 N–H and O–H groups in total. The smallest absolute Gasteiger partial charge is 0.306 e. The lowest BCUT2D eigenvalue weighted by molar-refractivity contribution is -0.142. The van der Waals surface area contributed by atoms with Crippen molar-refractivity contribution < 1.29 is 14.3 Å². The number of nitrogens with two attached hydrogens (primary N) is 1. The lowest BCUT2D eigenvalue weighted by Crippen LogP contribution is -2.21. The van der Waals surface area contributed by atoms with E-state index in [1.807, 2.05) is 12.1 Å². The first-order valence-electron chi connectivity index (χ1n) is 9.42. The standard InChI is InChI=1S/C20H18BrN5O3/c21-16-17(10-1-3-11(4-2-10)20(27)28)25-19-13(9-24-26(19)18(16)22)12-7-15-14(23-8-12)5-6-29-15/h5-11H,1-4,22H2,(H,27,28). The van der Waals surface area contributed by atoms with E-state index >= 15 is 0 Å². The lowest BCUT2D eigenvalue weighted by Gasteiger charge is -2.26. The van der Waals surface area contributed by atoms with Gasteiger partial charge in [-0.05, 0) is 47.7 Å². The van der Waals surface area contributed by atoms with E-state index in [-0.39, 0.29) is 11.8 Å². The van der Waals surface area contributed by atoms with Crippen LogP contribution < -0.4 is 5.73 Å². The number of carbonyl (C=O) groups is 1. The molecule has 0 aromatic carbocycles. The van der Waals surface area contributed by atoms with Crippen LogP contribution in [0.25, 0.3) is 27.9 Å². The van der Waals surface area contributed by atoms with Gasteiger partial charge in [0.25, 0.3) is 0 Å². The molecule has 148 valence electrons. The molecule has 0 aliphatic heterocycles. The van der Waals surface area contributed by atoms with Crippen LogP contribution in [0.15, 0.2) is 39.7 Å². The predicted molar refractivity (Wildman–Crippen MR) is 110 cm³/mol. The number of fused-ring (bicyclic) bond motifs is 2. The summed E-state index contributed by atoms with van der Waals surface area (Å²) in [6.07, 6.45) is 7.92. The number of hydrogen-bond acceptors (Lipinski definition) is 6. The summed E-state index contributed by atoms with van der Waals surface area (Å²) in [4.78, 5) is 20.6. The first kappa shape index (κ1) is 18.1. The van der Waals surface area contributed by atoms with E-state index < -0.39 is 5.97 Å². The van der Waals surface area contributed by atoms with Gasteiger partial charge in [0.05, 0.1) is 28.5 Å². The second kappa shape index (κ2) is 6.84. The first-order valence-corrected chi connectivity index (χ1v) is 10.2. The monoisotopic (exact) mass is 455 g/mol. The Bertz CT molecular complexity index is 1240. The summed E-state index contributed by atoms with van der Waals surface area (Å²) in [6, 6.07) is 3.73. The number of anilines is 1. The number of pyridine rings is 1. The van der Waals surface area contributed by atoms with Crippen LogP contribution in [0.4, 0.5) is 5.82 Å². The molecule has 5 rings (SSSR count). The molecule has 4 aromatic heterocycles. The molecule has 1 saturated carbocycles. The molecule has 0 radical (unpaired) electrons. The van der Waals surface area contributed by atoms with Crippen molar-refractivity contribution in [2.45, 2.75) is 31.6 Å². The van der Waals surface area contributed by atoms with Crippen LogP contribution in [-0.4, -0.2) is 30.7 Å². The molecule has 9 heteroatoms. The van der Waals surface area contributed by atoms with Gasteiger partial charge in [0.15, 0.2) is 11.2 Å². The summed E-state index contributed by atoms with van der Waals surface area (Å²) >= 11 is 3.58. The average molecular weight is 456 g/mol. The fourth-order valence-corrected chi connectivity index (χ4v) is 4.68. The van der Waals surface area contributed by atoms with Gasteiger partial charge in [-0.2, -0.15) is 9.61 Å². The van der Waals surface area contributed by atoms with E-state index in [2.05, 4.69) is 26.0 Å². The fourth-order valence-electron chi connectivity index (χ4n) is 4.09. The summed E-state index contributed by atoms with van der Waals surface area (Å²) in [5.74, 6) is -0.364. The Morgan fingerprint density at radius 3 is 2.83 bits per heavy atom. The Kier molecular flexibility index (Phi) is 4.27. The highest BCUT2D eigenvalue weighted by Crippen LogP contribution is 2.40. The topological polar surface area (TPSA) is 120 Å². The van der Waals surface area contributed by atoms with Crippen LogP contribution in [0.2, 0.25) is 0 Å². The number of halogens is 1. The quantitative estimate of drug-likeness (QED) is 0.473. The van der Waals surface area contributed by atoms with Gasteiger partial charge in [-0.25, -0.2) is 4.98 Å². The summed E-state index contributed by atoms with van der Waals surface area (Å²) < 4.78 is 7.80. The second-order valence-corrected chi connectivity index (χ2v) is 8.20. The van der Waals surface area contributed by atoms with Gasteiger partial charge < -0.3 is 15.3 Å². The van der Waals surface area contributed by atoms with E-state index in [9.17, 15) is 9.90 Å². The third-order valence-electron chi connectivity index (χ3n) is 5.72. The Labute approximate surface area is 173 Å². The van der Waals surface area contributed by atoms with Crippen molar-refractivity contribution in [2.75, 3.05) is 5.73 Å². The van der Waals surface area contributed by atoms with Crippen molar-refractivity contribution in [3.63, 3.8) is 0 Å². The number of rotatable bonds is 3. The molecule has 0 unspecified atom stereocenters. The van der Waals surface area contributed by atoms with E-state index in [0.29, 0.717) is 29.9 Å². The lowest BCUT2D eigenvalue weighted by atomic mass is 9.80. The molecular weight excluding hydrogens is 438 g/mol. The van der Waals surface area contributed by atoms with E-state index in [1.54, 1.807) is 23.2 Å². The number of aliphatic carboxylic acids is 1. The highest BCUT2D eigenvalue weighted by atomic mass is 79.9. The molecule has 0 bridgehead atoms. The molecule has 0 amide bonds. The van der Waals surface area contributed by atoms with Crippen LogP contribution in [0.1, 0.15) is 37.3 Å². The number of aromatic nitrogens is 4. The molecule has 1 aliphatic carbocycles. The molecule has 0 spiro atoms. The zero-order chi connectivity index (χ0) is 20.1. The molecule has 0 saturated heterocycles. The van der Waals surface area contributed by atoms with Crippen LogP contribution >= 0.6 is 15.9 Å². The number of furan rings is 1.